The lowest BCUT2D eigenvalue weighted by atomic mass is 10.2. The van der Waals surface area contributed by atoms with Crippen molar-refractivity contribution in [3.8, 4) is 0 Å². The van der Waals surface area contributed by atoms with Gasteiger partial charge in [0.1, 0.15) is 0 Å². The van der Waals surface area contributed by atoms with E-state index in [1.165, 1.54) is 10.4 Å². The van der Waals surface area contributed by atoms with E-state index in [1.54, 1.807) is 24.3 Å². The first-order valence-corrected chi connectivity index (χ1v) is 7.31. The highest BCUT2D eigenvalue weighted by Crippen LogP contribution is 2.20. The van der Waals surface area contributed by atoms with Crippen molar-refractivity contribution in [2.45, 2.75) is 24.8 Å². The van der Waals surface area contributed by atoms with E-state index in [0.29, 0.717) is 12.1 Å². The van der Waals surface area contributed by atoms with Crippen LogP contribution in [0.5, 0.6) is 0 Å². The summed E-state index contributed by atoms with van der Waals surface area (Å²) in [6.45, 7) is 5.92. The minimum Gasteiger partial charge on any atom is -0.392 e. The summed E-state index contributed by atoms with van der Waals surface area (Å²) in [5, 5.41) is 9.22. The molecule has 0 aromatic heterocycles. The van der Waals surface area contributed by atoms with Crippen LogP contribution in [0, 0.1) is 0 Å². The van der Waals surface area contributed by atoms with Gasteiger partial charge in [-0.1, -0.05) is 31.2 Å². The molecule has 0 fully saturated rings. The topological polar surface area (TPSA) is 57.6 Å². The zero-order valence-corrected chi connectivity index (χ0v) is 11.4. The second-order valence-electron chi connectivity index (χ2n) is 3.92. The Morgan fingerprint density at radius 3 is 2.61 bits per heavy atom. The van der Waals surface area contributed by atoms with E-state index in [0.717, 1.165) is 6.42 Å². The summed E-state index contributed by atoms with van der Waals surface area (Å²) in [5.41, 5.74) is 0.419. The van der Waals surface area contributed by atoms with Crippen LogP contribution >= 0.6 is 0 Å². The fraction of sp³-hybridized carbons (Fsp3) is 0.385. The van der Waals surface area contributed by atoms with Crippen molar-refractivity contribution in [1.82, 2.24) is 4.31 Å². The molecule has 0 spiro atoms. The molecule has 0 aliphatic rings. The molecule has 18 heavy (non-hydrogen) atoms. The van der Waals surface area contributed by atoms with E-state index >= 15 is 0 Å². The molecule has 0 atom stereocenters. The minimum absolute atomic E-state index is 0.169. The second kappa shape index (κ2) is 6.68. The van der Waals surface area contributed by atoms with Gasteiger partial charge in [-0.2, -0.15) is 4.31 Å². The Balaban J connectivity index is 3.21. The van der Waals surface area contributed by atoms with E-state index in [9.17, 15) is 13.5 Å². The third-order valence-corrected chi connectivity index (χ3v) is 4.53. The molecule has 1 rings (SSSR count). The molecule has 1 N–H and O–H groups in total. The van der Waals surface area contributed by atoms with E-state index in [4.69, 9.17) is 0 Å². The van der Waals surface area contributed by atoms with Gasteiger partial charge >= 0.3 is 0 Å². The van der Waals surface area contributed by atoms with Gasteiger partial charge < -0.3 is 5.11 Å². The first-order valence-electron chi connectivity index (χ1n) is 5.87. The number of benzene rings is 1. The monoisotopic (exact) mass is 269 g/mol. The fourth-order valence-electron chi connectivity index (χ4n) is 1.73. The maximum absolute atomic E-state index is 12.5. The number of rotatable bonds is 7. The first-order chi connectivity index (χ1) is 8.57. The van der Waals surface area contributed by atoms with Gasteiger partial charge in [-0.3, -0.25) is 0 Å². The van der Waals surface area contributed by atoms with Gasteiger partial charge in [0.2, 0.25) is 10.0 Å². The van der Waals surface area contributed by atoms with Crippen LogP contribution in [0.2, 0.25) is 0 Å². The third kappa shape index (κ3) is 3.19. The van der Waals surface area contributed by atoms with Crippen LogP contribution in [0.4, 0.5) is 0 Å². The van der Waals surface area contributed by atoms with Crippen LogP contribution in [-0.2, 0) is 16.6 Å². The van der Waals surface area contributed by atoms with E-state index < -0.39 is 10.0 Å². The summed E-state index contributed by atoms with van der Waals surface area (Å²) >= 11 is 0. The molecule has 100 valence electrons. The highest BCUT2D eigenvalue weighted by Gasteiger charge is 2.24. The molecule has 0 aliphatic heterocycles. The maximum atomic E-state index is 12.5. The van der Waals surface area contributed by atoms with Crippen molar-refractivity contribution in [3.05, 3.63) is 42.5 Å². The van der Waals surface area contributed by atoms with Crippen LogP contribution in [0.15, 0.2) is 41.8 Å². The molecule has 1 aromatic carbocycles. The fourth-order valence-corrected chi connectivity index (χ4v) is 3.45. The predicted octanol–water partition coefficient (Wildman–Crippen LogP) is 1.77. The molecule has 0 amide bonds. The number of nitrogens with zero attached hydrogens (tertiary/aromatic N) is 1. The first kappa shape index (κ1) is 14.9. The van der Waals surface area contributed by atoms with Crippen LogP contribution in [0.1, 0.15) is 18.9 Å². The Kier molecular flexibility index (Phi) is 5.53. The largest absolute Gasteiger partial charge is 0.392 e. The SMILES string of the molecule is C=CCN(CCC)S(=O)(=O)c1ccccc1CO. The predicted molar refractivity (Wildman–Crippen MR) is 71.6 cm³/mol. The molecular formula is C13H19NO3S. The number of sulfonamides is 1. The molecule has 0 aliphatic carbocycles. The standard InChI is InChI=1S/C13H19NO3S/c1-3-9-14(10-4-2)18(16,17)13-8-6-5-7-12(13)11-15/h3,5-8,15H,1,4,9-11H2,2H3. The normalized spacial score (nSPS) is 11.7. The summed E-state index contributed by atoms with van der Waals surface area (Å²) in [4.78, 5) is 0.169. The quantitative estimate of drug-likeness (QED) is 0.767. The Labute approximate surface area is 109 Å². The number of hydrogen-bond acceptors (Lipinski definition) is 3. The molecule has 5 heteroatoms. The van der Waals surface area contributed by atoms with Crippen LogP contribution in [0.25, 0.3) is 0 Å². The lowest BCUT2D eigenvalue weighted by molar-refractivity contribution is 0.278. The Bertz CT molecular complexity index is 497. The van der Waals surface area contributed by atoms with Gasteiger partial charge in [0.15, 0.2) is 0 Å². The van der Waals surface area contributed by atoms with Gasteiger partial charge in [-0.05, 0) is 18.1 Å². The second-order valence-corrected chi connectivity index (χ2v) is 5.82. The average Bonchev–Trinajstić information content (AvgIpc) is 2.38. The van der Waals surface area contributed by atoms with Gasteiger partial charge in [-0.15, -0.1) is 6.58 Å². The molecule has 0 saturated heterocycles. The van der Waals surface area contributed by atoms with Gasteiger partial charge in [0, 0.05) is 13.1 Å². The molecule has 0 radical (unpaired) electrons. The molecule has 0 heterocycles. The molecule has 0 unspecified atom stereocenters. The van der Waals surface area contributed by atoms with Crippen molar-refractivity contribution >= 4 is 10.0 Å². The summed E-state index contributed by atoms with van der Waals surface area (Å²) in [6.07, 6.45) is 2.29. The average molecular weight is 269 g/mol. The van der Waals surface area contributed by atoms with E-state index in [1.807, 2.05) is 6.92 Å². The smallest absolute Gasteiger partial charge is 0.243 e. The van der Waals surface area contributed by atoms with Gasteiger partial charge in [-0.25, -0.2) is 8.42 Å². The summed E-state index contributed by atoms with van der Waals surface area (Å²) in [6, 6.07) is 6.50. The van der Waals surface area contributed by atoms with Gasteiger partial charge in [0.05, 0.1) is 11.5 Å². The number of aliphatic hydroxyl groups excluding tert-OH is 1. The summed E-state index contributed by atoms with van der Waals surface area (Å²) < 4.78 is 26.3. The molecular weight excluding hydrogens is 250 g/mol. The minimum atomic E-state index is -3.57. The summed E-state index contributed by atoms with van der Waals surface area (Å²) in [5.74, 6) is 0. The Morgan fingerprint density at radius 2 is 2.06 bits per heavy atom. The van der Waals surface area contributed by atoms with Crippen LogP contribution < -0.4 is 0 Å². The van der Waals surface area contributed by atoms with Gasteiger partial charge in [0.25, 0.3) is 0 Å². The van der Waals surface area contributed by atoms with Crippen molar-refractivity contribution in [2.24, 2.45) is 0 Å². The van der Waals surface area contributed by atoms with Crippen molar-refractivity contribution < 1.29 is 13.5 Å². The van der Waals surface area contributed by atoms with Crippen molar-refractivity contribution in [3.63, 3.8) is 0 Å². The maximum Gasteiger partial charge on any atom is 0.243 e. The lowest BCUT2D eigenvalue weighted by Gasteiger charge is -2.21. The zero-order chi connectivity index (χ0) is 13.6. The van der Waals surface area contributed by atoms with Crippen molar-refractivity contribution in [1.29, 1.82) is 0 Å². The van der Waals surface area contributed by atoms with Crippen LogP contribution in [-0.4, -0.2) is 30.9 Å². The zero-order valence-electron chi connectivity index (χ0n) is 10.5. The number of aliphatic hydroxyl groups is 1. The molecule has 0 bridgehead atoms. The molecule has 1 aromatic rings. The van der Waals surface area contributed by atoms with E-state index in [-0.39, 0.29) is 18.0 Å². The molecule has 4 nitrogen and oxygen atoms in total. The lowest BCUT2D eigenvalue weighted by Crippen LogP contribution is -2.32. The molecule has 0 saturated carbocycles. The van der Waals surface area contributed by atoms with Crippen LogP contribution in [0.3, 0.4) is 0 Å². The number of hydrogen-bond donors (Lipinski definition) is 1. The summed E-state index contributed by atoms with van der Waals surface area (Å²) in [7, 11) is -3.57. The Morgan fingerprint density at radius 1 is 1.39 bits per heavy atom. The highest BCUT2D eigenvalue weighted by atomic mass is 32.2. The third-order valence-electron chi connectivity index (χ3n) is 2.57. The van der Waals surface area contributed by atoms with Crippen molar-refractivity contribution in [2.75, 3.05) is 13.1 Å². The Hall–Kier alpha value is -1.17. The van der Waals surface area contributed by atoms with E-state index in [2.05, 4.69) is 6.58 Å². The highest BCUT2D eigenvalue weighted by molar-refractivity contribution is 7.89.